The monoisotopic (exact) mass is 325 g/mol. The number of hydrogen-bond donors (Lipinski definition) is 1. The number of benzene rings is 1. The van der Waals surface area contributed by atoms with Crippen LogP contribution in [0, 0.1) is 0 Å². The predicted octanol–water partition coefficient (Wildman–Crippen LogP) is 2.37. The van der Waals surface area contributed by atoms with Gasteiger partial charge < -0.3 is 15.0 Å². The number of carbonyl (C=O) groups excluding carboxylic acids is 1. The molecule has 2 heterocycles. The standard InChI is InChI=1S/C19H23N3O2/c1-24-18-7-3-2-5-16(18)14-22(13-15-8-11-20-12-9-15)19(23)17-6-4-10-21-17/h2-3,5,7-9,11-12,17,21H,4,6,10,13-14H2,1H3/t17-/m1/s1. The second kappa shape index (κ2) is 7.93. The molecule has 2 aromatic rings. The fourth-order valence-corrected chi connectivity index (χ4v) is 3.08. The summed E-state index contributed by atoms with van der Waals surface area (Å²) in [5.74, 6) is 0.958. The van der Waals surface area contributed by atoms with Crippen LogP contribution in [0.15, 0.2) is 48.8 Å². The summed E-state index contributed by atoms with van der Waals surface area (Å²) in [4.78, 5) is 18.9. The number of ether oxygens (including phenoxy) is 1. The number of para-hydroxylation sites is 1. The maximum atomic E-state index is 13.0. The largest absolute Gasteiger partial charge is 0.496 e. The number of rotatable bonds is 6. The first-order valence-electron chi connectivity index (χ1n) is 8.31. The van der Waals surface area contributed by atoms with Crippen molar-refractivity contribution < 1.29 is 9.53 Å². The van der Waals surface area contributed by atoms with E-state index in [-0.39, 0.29) is 11.9 Å². The van der Waals surface area contributed by atoms with E-state index in [0.29, 0.717) is 13.1 Å². The van der Waals surface area contributed by atoms with Crippen LogP contribution in [0.25, 0.3) is 0 Å². The van der Waals surface area contributed by atoms with Crippen LogP contribution in [0.4, 0.5) is 0 Å². The highest BCUT2D eigenvalue weighted by atomic mass is 16.5. The van der Waals surface area contributed by atoms with Crippen molar-refractivity contribution in [1.82, 2.24) is 15.2 Å². The molecule has 5 nitrogen and oxygen atoms in total. The Labute approximate surface area is 142 Å². The molecular weight excluding hydrogens is 302 g/mol. The van der Waals surface area contributed by atoms with E-state index >= 15 is 0 Å². The highest BCUT2D eigenvalue weighted by Gasteiger charge is 2.27. The van der Waals surface area contributed by atoms with E-state index in [1.54, 1.807) is 19.5 Å². The van der Waals surface area contributed by atoms with Crippen LogP contribution >= 0.6 is 0 Å². The van der Waals surface area contributed by atoms with Gasteiger partial charge in [-0.2, -0.15) is 0 Å². The minimum absolute atomic E-state index is 0.0819. The molecule has 0 aliphatic carbocycles. The average molecular weight is 325 g/mol. The Kier molecular flexibility index (Phi) is 5.43. The van der Waals surface area contributed by atoms with Crippen LogP contribution in [0.1, 0.15) is 24.0 Å². The van der Waals surface area contributed by atoms with Crippen molar-refractivity contribution in [3.8, 4) is 5.75 Å². The number of pyridine rings is 1. The number of methoxy groups -OCH3 is 1. The third-order valence-electron chi connectivity index (χ3n) is 4.35. The fraction of sp³-hybridized carbons (Fsp3) is 0.368. The lowest BCUT2D eigenvalue weighted by Crippen LogP contribution is -2.42. The van der Waals surface area contributed by atoms with E-state index in [0.717, 1.165) is 36.3 Å². The van der Waals surface area contributed by atoms with Crippen molar-refractivity contribution in [2.24, 2.45) is 0 Å². The molecule has 1 amide bonds. The Morgan fingerprint density at radius 1 is 1.25 bits per heavy atom. The summed E-state index contributed by atoms with van der Waals surface area (Å²) < 4.78 is 5.44. The van der Waals surface area contributed by atoms with Crippen molar-refractivity contribution >= 4 is 5.91 Å². The van der Waals surface area contributed by atoms with E-state index in [1.807, 2.05) is 41.3 Å². The first-order valence-corrected chi connectivity index (χ1v) is 8.31. The molecule has 1 N–H and O–H groups in total. The average Bonchev–Trinajstić information content (AvgIpc) is 3.16. The van der Waals surface area contributed by atoms with Gasteiger partial charge in [-0.05, 0) is 43.1 Å². The first-order chi connectivity index (χ1) is 11.8. The lowest BCUT2D eigenvalue weighted by molar-refractivity contribution is -0.134. The lowest BCUT2D eigenvalue weighted by atomic mass is 10.1. The van der Waals surface area contributed by atoms with E-state index in [9.17, 15) is 4.79 Å². The Morgan fingerprint density at radius 3 is 2.75 bits per heavy atom. The molecule has 24 heavy (non-hydrogen) atoms. The number of nitrogens with one attached hydrogen (secondary N) is 1. The van der Waals surface area contributed by atoms with Crippen molar-refractivity contribution in [2.75, 3.05) is 13.7 Å². The summed E-state index contributed by atoms with van der Waals surface area (Å²) in [7, 11) is 1.66. The van der Waals surface area contributed by atoms with E-state index in [1.165, 1.54) is 0 Å². The molecule has 1 aromatic heterocycles. The maximum Gasteiger partial charge on any atom is 0.240 e. The fourth-order valence-electron chi connectivity index (χ4n) is 3.08. The summed E-state index contributed by atoms with van der Waals surface area (Å²) >= 11 is 0. The number of hydrogen-bond acceptors (Lipinski definition) is 4. The second-order valence-electron chi connectivity index (χ2n) is 6.01. The Balaban J connectivity index is 1.82. The van der Waals surface area contributed by atoms with Crippen LogP contribution in [0.2, 0.25) is 0 Å². The van der Waals surface area contributed by atoms with Gasteiger partial charge in [0.25, 0.3) is 0 Å². The van der Waals surface area contributed by atoms with Gasteiger partial charge in [-0.3, -0.25) is 9.78 Å². The highest BCUT2D eigenvalue weighted by molar-refractivity contribution is 5.82. The minimum atomic E-state index is -0.0819. The number of amides is 1. The van der Waals surface area contributed by atoms with Crippen molar-refractivity contribution in [3.63, 3.8) is 0 Å². The predicted molar refractivity (Wildman–Crippen MR) is 92.5 cm³/mol. The number of carbonyl (C=O) groups is 1. The first kappa shape index (κ1) is 16.5. The minimum Gasteiger partial charge on any atom is -0.496 e. The SMILES string of the molecule is COc1ccccc1CN(Cc1ccncc1)C(=O)[C@H]1CCCN1. The van der Waals surface area contributed by atoms with Gasteiger partial charge in [0, 0.05) is 31.0 Å². The van der Waals surface area contributed by atoms with E-state index < -0.39 is 0 Å². The molecule has 3 rings (SSSR count). The molecule has 0 bridgehead atoms. The molecule has 1 aliphatic heterocycles. The Morgan fingerprint density at radius 2 is 2.04 bits per heavy atom. The molecule has 1 fully saturated rings. The van der Waals surface area contributed by atoms with Crippen molar-refractivity contribution in [2.45, 2.75) is 32.0 Å². The molecule has 1 atom stereocenters. The zero-order chi connectivity index (χ0) is 16.8. The van der Waals surface area contributed by atoms with Gasteiger partial charge in [0.15, 0.2) is 0 Å². The van der Waals surface area contributed by atoms with Gasteiger partial charge in [-0.15, -0.1) is 0 Å². The summed E-state index contributed by atoms with van der Waals surface area (Å²) in [6.45, 7) is 2.01. The van der Waals surface area contributed by atoms with Crippen LogP contribution in [-0.2, 0) is 17.9 Å². The summed E-state index contributed by atoms with van der Waals surface area (Å²) in [6, 6.07) is 11.7. The van der Waals surface area contributed by atoms with E-state index in [2.05, 4.69) is 10.3 Å². The molecule has 0 spiro atoms. The maximum absolute atomic E-state index is 13.0. The van der Waals surface area contributed by atoms with Crippen molar-refractivity contribution in [1.29, 1.82) is 0 Å². The van der Waals surface area contributed by atoms with Crippen molar-refractivity contribution in [3.05, 3.63) is 59.9 Å². The summed E-state index contributed by atoms with van der Waals surface area (Å²) in [5, 5.41) is 3.30. The van der Waals surface area contributed by atoms with Crippen LogP contribution in [-0.4, -0.2) is 35.5 Å². The topological polar surface area (TPSA) is 54.5 Å². The zero-order valence-corrected chi connectivity index (χ0v) is 13.9. The smallest absolute Gasteiger partial charge is 0.240 e. The van der Waals surface area contributed by atoms with Crippen LogP contribution < -0.4 is 10.1 Å². The molecule has 5 heteroatoms. The quantitative estimate of drug-likeness (QED) is 0.886. The molecule has 0 saturated carbocycles. The molecule has 0 radical (unpaired) electrons. The van der Waals surface area contributed by atoms with Crippen LogP contribution in [0.5, 0.6) is 5.75 Å². The highest BCUT2D eigenvalue weighted by Crippen LogP contribution is 2.22. The van der Waals surface area contributed by atoms with Crippen LogP contribution in [0.3, 0.4) is 0 Å². The molecular formula is C19H23N3O2. The third-order valence-corrected chi connectivity index (χ3v) is 4.35. The molecule has 1 saturated heterocycles. The molecule has 1 aromatic carbocycles. The van der Waals surface area contributed by atoms with Gasteiger partial charge in [-0.1, -0.05) is 18.2 Å². The lowest BCUT2D eigenvalue weighted by Gasteiger charge is -2.26. The molecule has 126 valence electrons. The summed E-state index contributed by atoms with van der Waals surface area (Å²) in [6.07, 6.45) is 5.47. The Bertz CT molecular complexity index is 669. The summed E-state index contributed by atoms with van der Waals surface area (Å²) in [5.41, 5.74) is 2.09. The molecule has 1 aliphatic rings. The van der Waals surface area contributed by atoms with Gasteiger partial charge >= 0.3 is 0 Å². The normalized spacial score (nSPS) is 16.8. The molecule has 0 unspecified atom stereocenters. The van der Waals surface area contributed by atoms with E-state index in [4.69, 9.17) is 4.74 Å². The Hall–Kier alpha value is -2.40. The van der Waals surface area contributed by atoms with Gasteiger partial charge in [0.05, 0.1) is 13.2 Å². The van der Waals surface area contributed by atoms with Gasteiger partial charge in [0.1, 0.15) is 5.75 Å². The zero-order valence-electron chi connectivity index (χ0n) is 13.9. The van der Waals surface area contributed by atoms with Gasteiger partial charge in [-0.25, -0.2) is 0 Å². The third kappa shape index (κ3) is 3.92. The second-order valence-corrected chi connectivity index (χ2v) is 6.01. The number of aromatic nitrogens is 1. The number of nitrogens with zero attached hydrogens (tertiary/aromatic N) is 2. The van der Waals surface area contributed by atoms with Gasteiger partial charge in [0.2, 0.25) is 5.91 Å².